The van der Waals surface area contributed by atoms with E-state index in [0.717, 1.165) is 18.8 Å². The van der Waals surface area contributed by atoms with Crippen molar-refractivity contribution < 1.29 is 0 Å². The molecular weight excluding hydrogens is 262 g/mol. The van der Waals surface area contributed by atoms with E-state index in [-0.39, 0.29) is 0 Å². The second-order valence-electron chi connectivity index (χ2n) is 5.09. The summed E-state index contributed by atoms with van der Waals surface area (Å²) >= 11 is 1.92. The number of aryl methyl sites for hydroxylation is 2. The fourth-order valence-corrected chi connectivity index (χ4v) is 3.42. The molecule has 2 rings (SSSR count). The lowest BCUT2D eigenvalue weighted by Gasteiger charge is -2.10. The molecule has 2 heteroatoms. The Labute approximate surface area is 126 Å². The van der Waals surface area contributed by atoms with Crippen LogP contribution in [0.15, 0.2) is 47.4 Å². The van der Waals surface area contributed by atoms with Crippen molar-refractivity contribution in [2.45, 2.75) is 38.0 Å². The zero-order valence-corrected chi connectivity index (χ0v) is 13.4. The van der Waals surface area contributed by atoms with Gasteiger partial charge >= 0.3 is 0 Å². The standard InChI is InChI=1S/C18H23NS/c1-4-19-12-16-9-6-10-17(11-16)20-13-18-14(2)7-5-8-15(18)3/h5-11,19H,4,12-13H2,1-3H3. The molecule has 2 aromatic carbocycles. The molecule has 1 N–H and O–H groups in total. The Morgan fingerprint density at radius 2 is 1.70 bits per heavy atom. The monoisotopic (exact) mass is 285 g/mol. The zero-order chi connectivity index (χ0) is 14.4. The van der Waals surface area contributed by atoms with Crippen molar-refractivity contribution in [3.05, 3.63) is 64.7 Å². The van der Waals surface area contributed by atoms with Crippen LogP contribution in [0.1, 0.15) is 29.2 Å². The summed E-state index contributed by atoms with van der Waals surface area (Å²) in [5.74, 6) is 1.04. The normalized spacial score (nSPS) is 10.8. The van der Waals surface area contributed by atoms with Crippen LogP contribution >= 0.6 is 11.8 Å². The van der Waals surface area contributed by atoms with Gasteiger partial charge in [-0.2, -0.15) is 0 Å². The molecule has 0 aromatic heterocycles. The first kappa shape index (κ1) is 15.1. The third-order valence-corrected chi connectivity index (χ3v) is 4.53. The van der Waals surface area contributed by atoms with Crippen LogP contribution in [0.2, 0.25) is 0 Å². The third-order valence-electron chi connectivity index (χ3n) is 3.51. The largest absolute Gasteiger partial charge is 0.313 e. The molecule has 0 aliphatic rings. The van der Waals surface area contributed by atoms with Crippen LogP contribution in [0.4, 0.5) is 0 Å². The van der Waals surface area contributed by atoms with E-state index < -0.39 is 0 Å². The van der Waals surface area contributed by atoms with Gasteiger partial charge in [0.25, 0.3) is 0 Å². The minimum atomic E-state index is 0.953. The molecule has 0 fully saturated rings. The first-order valence-corrected chi connectivity index (χ1v) is 8.17. The Hall–Kier alpha value is -1.25. The second-order valence-corrected chi connectivity index (χ2v) is 6.14. The topological polar surface area (TPSA) is 12.0 Å². The van der Waals surface area contributed by atoms with Gasteiger partial charge in [0, 0.05) is 17.2 Å². The predicted molar refractivity (Wildman–Crippen MR) is 89.3 cm³/mol. The molecule has 0 atom stereocenters. The van der Waals surface area contributed by atoms with Crippen molar-refractivity contribution in [3.8, 4) is 0 Å². The molecule has 0 amide bonds. The van der Waals surface area contributed by atoms with Crippen LogP contribution in [-0.2, 0) is 12.3 Å². The van der Waals surface area contributed by atoms with Crippen molar-refractivity contribution in [1.29, 1.82) is 0 Å². The predicted octanol–water partition coefficient (Wildman–Crippen LogP) is 4.71. The van der Waals surface area contributed by atoms with Crippen LogP contribution in [-0.4, -0.2) is 6.54 Å². The summed E-state index contributed by atoms with van der Waals surface area (Å²) in [6.45, 7) is 8.50. The average molecular weight is 285 g/mol. The van der Waals surface area contributed by atoms with Crippen LogP contribution in [0.25, 0.3) is 0 Å². The maximum absolute atomic E-state index is 3.37. The highest BCUT2D eigenvalue weighted by molar-refractivity contribution is 7.98. The van der Waals surface area contributed by atoms with E-state index >= 15 is 0 Å². The van der Waals surface area contributed by atoms with Crippen LogP contribution in [0, 0.1) is 13.8 Å². The molecule has 0 bridgehead atoms. The first-order chi connectivity index (χ1) is 9.70. The lowest BCUT2D eigenvalue weighted by atomic mass is 10.1. The number of nitrogens with one attached hydrogen (secondary N) is 1. The zero-order valence-electron chi connectivity index (χ0n) is 12.6. The lowest BCUT2D eigenvalue weighted by molar-refractivity contribution is 0.725. The Bertz CT molecular complexity index is 543. The van der Waals surface area contributed by atoms with Gasteiger partial charge in [0.2, 0.25) is 0 Å². The summed E-state index contributed by atoms with van der Waals surface area (Å²) in [4.78, 5) is 1.35. The van der Waals surface area contributed by atoms with Gasteiger partial charge in [-0.15, -0.1) is 11.8 Å². The van der Waals surface area contributed by atoms with Gasteiger partial charge in [-0.3, -0.25) is 0 Å². The summed E-state index contributed by atoms with van der Waals surface area (Å²) in [5.41, 5.74) is 5.61. The quantitative estimate of drug-likeness (QED) is 0.772. The SMILES string of the molecule is CCNCc1cccc(SCc2c(C)cccc2C)c1. The van der Waals surface area contributed by atoms with Crippen molar-refractivity contribution in [3.63, 3.8) is 0 Å². The average Bonchev–Trinajstić information content (AvgIpc) is 2.45. The Morgan fingerprint density at radius 3 is 2.40 bits per heavy atom. The van der Waals surface area contributed by atoms with E-state index in [1.54, 1.807) is 0 Å². The fourth-order valence-electron chi connectivity index (χ4n) is 2.25. The first-order valence-electron chi connectivity index (χ1n) is 7.18. The van der Waals surface area contributed by atoms with E-state index in [1.165, 1.54) is 27.1 Å². The number of hydrogen-bond donors (Lipinski definition) is 1. The highest BCUT2D eigenvalue weighted by Gasteiger charge is 2.03. The summed E-state index contributed by atoms with van der Waals surface area (Å²) in [7, 11) is 0. The maximum atomic E-state index is 3.37. The van der Waals surface area contributed by atoms with E-state index in [2.05, 4.69) is 68.6 Å². The van der Waals surface area contributed by atoms with Gasteiger partial charge in [0.05, 0.1) is 0 Å². The Balaban J connectivity index is 2.03. The van der Waals surface area contributed by atoms with E-state index in [4.69, 9.17) is 0 Å². The molecule has 20 heavy (non-hydrogen) atoms. The summed E-state index contributed by atoms with van der Waals surface area (Å²) in [5, 5.41) is 3.37. The summed E-state index contributed by atoms with van der Waals surface area (Å²) < 4.78 is 0. The van der Waals surface area contributed by atoms with Gasteiger partial charge in [0.15, 0.2) is 0 Å². The van der Waals surface area contributed by atoms with Crippen molar-refractivity contribution in [1.82, 2.24) is 5.32 Å². The minimum absolute atomic E-state index is 0.953. The molecule has 0 saturated heterocycles. The van der Waals surface area contributed by atoms with Gasteiger partial charge in [-0.1, -0.05) is 37.3 Å². The molecule has 0 saturated carbocycles. The van der Waals surface area contributed by atoms with Crippen LogP contribution in [0.5, 0.6) is 0 Å². The van der Waals surface area contributed by atoms with Gasteiger partial charge in [-0.05, 0) is 54.8 Å². The highest BCUT2D eigenvalue weighted by Crippen LogP contribution is 2.26. The molecule has 2 aromatic rings. The van der Waals surface area contributed by atoms with Crippen molar-refractivity contribution >= 4 is 11.8 Å². The molecule has 1 nitrogen and oxygen atoms in total. The van der Waals surface area contributed by atoms with Gasteiger partial charge in [0.1, 0.15) is 0 Å². The number of benzene rings is 2. The van der Waals surface area contributed by atoms with Gasteiger partial charge in [-0.25, -0.2) is 0 Å². The summed E-state index contributed by atoms with van der Waals surface area (Å²) in [6.07, 6.45) is 0. The second kappa shape index (κ2) is 7.51. The maximum Gasteiger partial charge on any atom is 0.0237 e. The molecule has 106 valence electrons. The van der Waals surface area contributed by atoms with Gasteiger partial charge < -0.3 is 5.32 Å². The molecule has 0 aliphatic carbocycles. The molecule has 0 unspecified atom stereocenters. The minimum Gasteiger partial charge on any atom is -0.313 e. The molecule has 0 spiro atoms. The molecular formula is C18H23NS. The number of thioether (sulfide) groups is 1. The molecule has 0 aliphatic heterocycles. The number of rotatable bonds is 6. The molecule has 0 radical (unpaired) electrons. The van der Waals surface area contributed by atoms with E-state index in [9.17, 15) is 0 Å². The Morgan fingerprint density at radius 1 is 1.00 bits per heavy atom. The van der Waals surface area contributed by atoms with Crippen molar-refractivity contribution in [2.75, 3.05) is 6.54 Å². The lowest BCUT2D eigenvalue weighted by Crippen LogP contribution is -2.11. The summed E-state index contributed by atoms with van der Waals surface area (Å²) in [6, 6.07) is 15.4. The smallest absolute Gasteiger partial charge is 0.0237 e. The number of hydrogen-bond acceptors (Lipinski definition) is 2. The van der Waals surface area contributed by atoms with Crippen molar-refractivity contribution in [2.24, 2.45) is 0 Å². The third kappa shape index (κ3) is 4.12. The van der Waals surface area contributed by atoms with E-state index in [0.29, 0.717) is 0 Å². The highest BCUT2D eigenvalue weighted by atomic mass is 32.2. The molecule has 0 heterocycles. The van der Waals surface area contributed by atoms with Crippen LogP contribution < -0.4 is 5.32 Å². The van der Waals surface area contributed by atoms with Crippen LogP contribution in [0.3, 0.4) is 0 Å². The Kier molecular flexibility index (Phi) is 5.69. The van der Waals surface area contributed by atoms with E-state index in [1.807, 2.05) is 11.8 Å². The fraction of sp³-hybridized carbons (Fsp3) is 0.333.